The first-order valence-electron chi connectivity index (χ1n) is 7.87. The number of hydrogen-bond acceptors (Lipinski definition) is 4. The topological polar surface area (TPSA) is 67.9 Å². The molecule has 0 radical (unpaired) electrons. The number of anilines is 2. The van der Waals surface area contributed by atoms with Crippen molar-refractivity contribution in [3.8, 4) is 11.5 Å². The first-order valence-corrected chi connectivity index (χ1v) is 7.87. The second kappa shape index (κ2) is 8.19. The SMILES string of the molecule is COc1ccccc1OC(C)C(=O)Nc1ccc(N(C)C(C)=O)cc1. The minimum atomic E-state index is -0.698. The molecule has 0 heterocycles. The molecular formula is C19H22N2O4. The summed E-state index contributed by atoms with van der Waals surface area (Å²) in [6.07, 6.45) is -0.698. The molecule has 0 bridgehead atoms. The summed E-state index contributed by atoms with van der Waals surface area (Å²) < 4.78 is 10.9. The Kier molecular flexibility index (Phi) is 6.00. The van der Waals surface area contributed by atoms with Gasteiger partial charge in [0.25, 0.3) is 5.91 Å². The van der Waals surface area contributed by atoms with E-state index in [-0.39, 0.29) is 11.8 Å². The molecule has 0 fully saturated rings. The van der Waals surface area contributed by atoms with Gasteiger partial charge in [0.1, 0.15) is 0 Å². The van der Waals surface area contributed by atoms with E-state index < -0.39 is 6.10 Å². The Morgan fingerprint density at radius 1 is 1.04 bits per heavy atom. The molecule has 6 heteroatoms. The van der Waals surface area contributed by atoms with Crippen LogP contribution >= 0.6 is 0 Å². The lowest BCUT2D eigenvalue weighted by Crippen LogP contribution is -2.30. The fraction of sp³-hybridized carbons (Fsp3) is 0.263. The minimum absolute atomic E-state index is 0.0596. The van der Waals surface area contributed by atoms with Crippen molar-refractivity contribution in [2.45, 2.75) is 20.0 Å². The molecule has 0 saturated heterocycles. The maximum Gasteiger partial charge on any atom is 0.265 e. The molecule has 1 atom stereocenters. The van der Waals surface area contributed by atoms with Crippen LogP contribution in [0, 0.1) is 0 Å². The largest absolute Gasteiger partial charge is 0.493 e. The zero-order chi connectivity index (χ0) is 18.4. The van der Waals surface area contributed by atoms with Crippen molar-refractivity contribution < 1.29 is 19.1 Å². The molecule has 0 saturated carbocycles. The molecule has 0 aliphatic carbocycles. The second-order valence-electron chi connectivity index (χ2n) is 5.53. The molecule has 2 amide bonds. The van der Waals surface area contributed by atoms with Gasteiger partial charge in [0.2, 0.25) is 5.91 Å². The molecule has 6 nitrogen and oxygen atoms in total. The van der Waals surface area contributed by atoms with E-state index in [1.54, 1.807) is 57.5 Å². The molecule has 1 unspecified atom stereocenters. The van der Waals surface area contributed by atoms with E-state index in [0.717, 1.165) is 5.69 Å². The number of methoxy groups -OCH3 is 1. The number of rotatable bonds is 6. The van der Waals surface area contributed by atoms with Crippen LogP contribution in [-0.2, 0) is 9.59 Å². The molecule has 0 aromatic heterocycles. The summed E-state index contributed by atoms with van der Waals surface area (Å²) >= 11 is 0. The number of amides is 2. The summed E-state index contributed by atoms with van der Waals surface area (Å²) in [5.41, 5.74) is 1.38. The van der Waals surface area contributed by atoms with Gasteiger partial charge in [-0.1, -0.05) is 12.1 Å². The highest BCUT2D eigenvalue weighted by atomic mass is 16.5. The van der Waals surface area contributed by atoms with E-state index in [2.05, 4.69) is 5.32 Å². The van der Waals surface area contributed by atoms with Gasteiger partial charge in [0.15, 0.2) is 17.6 Å². The third-order valence-electron chi connectivity index (χ3n) is 3.74. The third-order valence-corrected chi connectivity index (χ3v) is 3.74. The van der Waals surface area contributed by atoms with Crippen LogP contribution in [0.4, 0.5) is 11.4 Å². The van der Waals surface area contributed by atoms with E-state index in [0.29, 0.717) is 17.2 Å². The number of nitrogens with one attached hydrogen (secondary N) is 1. The average molecular weight is 342 g/mol. The average Bonchev–Trinajstić information content (AvgIpc) is 2.62. The van der Waals surface area contributed by atoms with Crippen LogP contribution in [0.1, 0.15) is 13.8 Å². The summed E-state index contributed by atoms with van der Waals surface area (Å²) in [6.45, 7) is 3.16. The van der Waals surface area contributed by atoms with Crippen LogP contribution in [-0.4, -0.2) is 32.1 Å². The third kappa shape index (κ3) is 4.73. The predicted octanol–water partition coefficient (Wildman–Crippen LogP) is 3.08. The van der Waals surface area contributed by atoms with Gasteiger partial charge in [-0.25, -0.2) is 0 Å². The Hall–Kier alpha value is -3.02. The highest BCUT2D eigenvalue weighted by Crippen LogP contribution is 2.27. The highest BCUT2D eigenvalue weighted by molar-refractivity contribution is 5.95. The summed E-state index contributed by atoms with van der Waals surface area (Å²) in [7, 11) is 3.24. The number of ether oxygens (including phenoxy) is 2. The van der Waals surface area contributed by atoms with Crippen LogP contribution in [0.3, 0.4) is 0 Å². The number of benzene rings is 2. The molecule has 0 aliphatic heterocycles. The first-order chi connectivity index (χ1) is 11.9. The van der Waals surface area contributed by atoms with Gasteiger partial charge in [0.05, 0.1) is 7.11 Å². The summed E-state index contributed by atoms with van der Waals surface area (Å²) in [5, 5.41) is 2.79. The van der Waals surface area contributed by atoms with Crippen molar-refractivity contribution in [3.63, 3.8) is 0 Å². The number of para-hydroxylation sites is 2. The summed E-state index contributed by atoms with van der Waals surface area (Å²) in [5.74, 6) is 0.735. The Bertz CT molecular complexity index is 743. The van der Waals surface area contributed by atoms with Gasteiger partial charge in [-0.2, -0.15) is 0 Å². The molecule has 132 valence electrons. The number of nitrogens with zero attached hydrogens (tertiary/aromatic N) is 1. The molecule has 0 aliphatic rings. The van der Waals surface area contributed by atoms with Crippen molar-refractivity contribution in [2.75, 3.05) is 24.4 Å². The monoisotopic (exact) mass is 342 g/mol. The van der Waals surface area contributed by atoms with Crippen molar-refractivity contribution in [1.82, 2.24) is 0 Å². The van der Waals surface area contributed by atoms with Crippen molar-refractivity contribution in [2.24, 2.45) is 0 Å². The van der Waals surface area contributed by atoms with Crippen LogP contribution in [0.25, 0.3) is 0 Å². The Balaban J connectivity index is 2.00. The van der Waals surface area contributed by atoms with Gasteiger partial charge in [-0.05, 0) is 43.3 Å². The van der Waals surface area contributed by atoms with E-state index in [1.165, 1.54) is 11.8 Å². The lowest BCUT2D eigenvalue weighted by Gasteiger charge is -2.18. The van der Waals surface area contributed by atoms with Crippen LogP contribution in [0.15, 0.2) is 48.5 Å². The molecule has 2 rings (SSSR count). The fourth-order valence-corrected chi connectivity index (χ4v) is 2.15. The van der Waals surface area contributed by atoms with Crippen molar-refractivity contribution in [1.29, 1.82) is 0 Å². The summed E-state index contributed by atoms with van der Waals surface area (Å²) in [6, 6.07) is 14.2. The summed E-state index contributed by atoms with van der Waals surface area (Å²) in [4.78, 5) is 25.2. The van der Waals surface area contributed by atoms with Gasteiger partial charge >= 0.3 is 0 Å². The second-order valence-corrected chi connectivity index (χ2v) is 5.53. The maximum atomic E-state index is 12.3. The standard InChI is InChI=1S/C19H22N2O4/c1-13(25-18-8-6-5-7-17(18)24-4)19(23)20-15-9-11-16(12-10-15)21(3)14(2)22/h5-13H,1-4H3,(H,20,23). The number of carbonyl (C=O) groups is 2. The molecule has 0 spiro atoms. The molecule has 25 heavy (non-hydrogen) atoms. The van der Waals surface area contributed by atoms with E-state index in [4.69, 9.17) is 9.47 Å². The lowest BCUT2D eigenvalue weighted by molar-refractivity contribution is -0.122. The Morgan fingerprint density at radius 3 is 2.20 bits per heavy atom. The molecule has 2 aromatic rings. The van der Waals surface area contributed by atoms with Crippen LogP contribution in [0.2, 0.25) is 0 Å². The quantitative estimate of drug-likeness (QED) is 0.876. The lowest BCUT2D eigenvalue weighted by atomic mass is 10.2. The first kappa shape index (κ1) is 18.3. The van der Waals surface area contributed by atoms with E-state index >= 15 is 0 Å². The van der Waals surface area contributed by atoms with Crippen molar-refractivity contribution in [3.05, 3.63) is 48.5 Å². The Labute approximate surface area is 147 Å². The smallest absolute Gasteiger partial charge is 0.265 e. The van der Waals surface area contributed by atoms with Gasteiger partial charge in [0, 0.05) is 25.3 Å². The minimum Gasteiger partial charge on any atom is -0.493 e. The molecule has 1 N–H and O–H groups in total. The van der Waals surface area contributed by atoms with Gasteiger partial charge in [-0.15, -0.1) is 0 Å². The zero-order valence-corrected chi connectivity index (χ0v) is 14.8. The molecular weight excluding hydrogens is 320 g/mol. The highest BCUT2D eigenvalue weighted by Gasteiger charge is 2.17. The fourth-order valence-electron chi connectivity index (χ4n) is 2.15. The Morgan fingerprint density at radius 2 is 1.64 bits per heavy atom. The predicted molar refractivity (Wildman–Crippen MR) is 97.2 cm³/mol. The van der Waals surface area contributed by atoms with Crippen molar-refractivity contribution >= 4 is 23.2 Å². The van der Waals surface area contributed by atoms with E-state index in [9.17, 15) is 9.59 Å². The number of carbonyl (C=O) groups excluding carboxylic acids is 2. The van der Waals surface area contributed by atoms with Gasteiger partial charge < -0.3 is 19.7 Å². The van der Waals surface area contributed by atoms with E-state index in [1.807, 2.05) is 12.1 Å². The number of hydrogen-bond donors (Lipinski definition) is 1. The normalized spacial score (nSPS) is 11.4. The van der Waals surface area contributed by atoms with Gasteiger partial charge in [-0.3, -0.25) is 9.59 Å². The zero-order valence-electron chi connectivity index (χ0n) is 14.8. The maximum absolute atomic E-state index is 12.3. The van der Waals surface area contributed by atoms with Crippen LogP contribution in [0.5, 0.6) is 11.5 Å². The molecule has 2 aromatic carbocycles. The van der Waals surface area contributed by atoms with Crippen LogP contribution < -0.4 is 19.7 Å².